The lowest BCUT2D eigenvalue weighted by Gasteiger charge is -2.25. The van der Waals surface area contributed by atoms with E-state index in [1.54, 1.807) is 26.8 Å². The van der Waals surface area contributed by atoms with Gasteiger partial charge in [0.1, 0.15) is 5.60 Å². The molecule has 19 heavy (non-hydrogen) atoms. The van der Waals surface area contributed by atoms with Crippen molar-refractivity contribution < 1.29 is 19.1 Å². The molecule has 1 N–H and O–H groups in total. The maximum absolute atomic E-state index is 11.7. The predicted octanol–water partition coefficient (Wildman–Crippen LogP) is 2.66. The summed E-state index contributed by atoms with van der Waals surface area (Å²) < 4.78 is 9.73. The molecule has 5 heteroatoms. The standard InChI is InChI=1S/C14H25NO4/c1-7-10(2)11(8-9-12(16)18-6)15-13(17)19-14(3,4)5/h8-11H,7H2,1-6H3,(H,15,17)/b9-8+/t10-,11-/m1/s1. The van der Waals surface area contributed by atoms with Gasteiger partial charge in [-0.15, -0.1) is 0 Å². The minimum Gasteiger partial charge on any atom is -0.466 e. The van der Waals surface area contributed by atoms with E-state index in [-0.39, 0.29) is 12.0 Å². The van der Waals surface area contributed by atoms with Crippen molar-refractivity contribution >= 4 is 12.1 Å². The summed E-state index contributed by atoms with van der Waals surface area (Å²) in [7, 11) is 1.31. The molecule has 0 spiro atoms. The van der Waals surface area contributed by atoms with Gasteiger partial charge in [-0.25, -0.2) is 9.59 Å². The van der Waals surface area contributed by atoms with Gasteiger partial charge in [-0.05, 0) is 26.7 Å². The van der Waals surface area contributed by atoms with Crippen LogP contribution < -0.4 is 5.32 Å². The third-order valence-corrected chi connectivity index (χ3v) is 2.58. The molecule has 0 radical (unpaired) electrons. The molecular weight excluding hydrogens is 246 g/mol. The van der Waals surface area contributed by atoms with Crippen molar-refractivity contribution in [3.63, 3.8) is 0 Å². The van der Waals surface area contributed by atoms with Crippen molar-refractivity contribution in [3.8, 4) is 0 Å². The summed E-state index contributed by atoms with van der Waals surface area (Å²) in [6, 6.07) is -0.265. The molecule has 0 saturated carbocycles. The first-order valence-electron chi connectivity index (χ1n) is 6.45. The van der Waals surface area contributed by atoms with Crippen LogP contribution in [-0.2, 0) is 14.3 Å². The molecular formula is C14H25NO4. The zero-order valence-corrected chi connectivity index (χ0v) is 12.6. The molecule has 0 heterocycles. The zero-order valence-electron chi connectivity index (χ0n) is 12.6. The van der Waals surface area contributed by atoms with Gasteiger partial charge in [-0.1, -0.05) is 26.3 Å². The Hall–Kier alpha value is -1.52. The van der Waals surface area contributed by atoms with Crippen LogP contribution in [0.1, 0.15) is 41.0 Å². The van der Waals surface area contributed by atoms with E-state index in [1.165, 1.54) is 13.2 Å². The van der Waals surface area contributed by atoms with Crippen molar-refractivity contribution in [1.29, 1.82) is 0 Å². The molecule has 0 unspecified atom stereocenters. The van der Waals surface area contributed by atoms with Crippen molar-refractivity contribution in [3.05, 3.63) is 12.2 Å². The van der Waals surface area contributed by atoms with E-state index in [9.17, 15) is 9.59 Å². The molecule has 0 aliphatic carbocycles. The largest absolute Gasteiger partial charge is 0.466 e. The summed E-state index contributed by atoms with van der Waals surface area (Å²) in [5, 5.41) is 2.75. The van der Waals surface area contributed by atoms with E-state index in [0.29, 0.717) is 0 Å². The SMILES string of the molecule is CC[C@@H](C)[C@@H](/C=C/C(=O)OC)NC(=O)OC(C)(C)C. The number of methoxy groups -OCH3 is 1. The molecule has 0 aromatic carbocycles. The molecule has 0 aliphatic heterocycles. The van der Waals surface area contributed by atoms with Gasteiger partial charge in [0.2, 0.25) is 0 Å². The fourth-order valence-electron chi connectivity index (χ4n) is 1.33. The number of nitrogens with one attached hydrogen (secondary N) is 1. The molecule has 0 rings (SSSR count). The highest BCUT2D eigenvalue weighted by molar-refractivity contribution is 5.82. The second kappa shape index (κ2) is 7.81. The van der Waals surface area contributed by atoms with E-state index in [0.717, 1.165) is 6.42 Å². The van der Waals surface area contributed by atoms with Crippen LogP contribution in [0.4, 0.5) is 4.79 Å². The summed E-state index contributed by atoms with van der Waals surface area (Å²) in [5.74, 6) is -0.257. The van der Waals surface area contributed by atoms with E-state index in [4.69, 9.17) is 4.74 Å². The topological polar surface area (TPSA) is 64.6 Å². The highest BCUT2D eigenvalue weighted by atomic mass is 16.6. The average Bonchev–Trinajstić information content (AvgIpc) is 2.30. The Morgan fingerprint density at radius 2 is 1.89 bits per heavy atom. The van der Waals surface area contributed by atoms with Gasteiger partial charge < -0.3 is 14.8 Å². The van der Waals surface area contributed by atoms with Crippen molar-refractivity contribution in [2.45, 2.75) is 52.7 Å². The number of rotatable bonds is 5. The number of ether oxygens (including phenoxy) is 2. The molecule has 0 fully saturated rings. The third-order valence-electron chi connectivity index (χ3n) is 2.58. The van der Waals surface area contributed by atoms with E-state index >= 15 is 0 Å². The first kappa shape index (κ1) is 17.5. The van der Waals surface area contributed by atoms with Gasteiger partial charge in [0, 0.05) is 6.08 Å². The van der Waals surface area contributed by atoms with Crippen molar-refractivity contribution in [2.24, 2.45) is 5.92 Å². The molecule has 0 aromatic heterocycles. The smallest absolute Gasteiger partial charge is 0.408 e. The average molecular weight is 271 g/mol. The summed E-state index contributed by atoms with van der Waals surface area (Å²) in [6.45, 7) is 9.41. The normalized spacial score (nSPS) is 14.8. The molecule has 0 aromatic rings. The Balaban J connectivity index is 4.65. The monoisotopic (exact) mass is 271 g/mol. The molecule has 110 valence electrons. The lowest BCUT2D eigenvalue weighted by Crippen LogP contribution is -2.41. The van der Waals surface area contributed by atoms with E-state index in [2.05, 4.69) is 10.1 Å². The third kappa shape index (κ3) is 8.24. The number of esters is 1. The second-order valence-corrected chi connectivity index (χ2v) is 5.44. The zero-order chi connectivity index (χ0) is 15.1. The van der Waals surface area contributed by atoms with Gasteiger partial charge in [0.15, 0.2) is 0 Å². The van der Waals surface area contributed by atoms with Crippen LogP contribution in [0.5, 0.6) is 0 Å². The maximum Gasteiger partial charge on any atom is 0.408 e. The Kier molecular flexibility index (Phi) is 7.19. The molecule has 0 saturated heterocycles. The lowest BCUT2D eigenvalue weighted by atomic mass is 9.99. The van der Waals surface area contributed by atoms with Crippen LogP contribution in [0.15, 0.2) is 12.2 Å². The van der Waals surface area contributed by atoms with Crippen molar-refractivity contribution in [1.82, 2.24) is 5.32 Å². The maximum atomic E-state index is 11.7. The number of hydrogen-bond donors (Lipinski definition) is 1. The fourth-order valence-corrected chi connectivity index (χ4v) is 1.33. The number of hydrogen-bond acceptors (Lipinski definition) is 4. The quantitative estimate of drug-likeness (QED) is 0.616. The van der Waals surface area contributed by atoms with Crippen LogP contribution in [0.2, 0.25) is 0 Å². The van der Waals surface area contributed by atoms with E-state index < -0.39 is 17.7 Å². The van der Waals surface area contributed by atoms with Crippen LogP contribution >= 0.6 is 0 Å². The summed E-state index contributed by atoms with van der Waals surface area (Å²) in [5.41, 5.74) is -0.545. The first-order valence-corrected chi connectivity index (χ1v) is 6.45. The van der Waals surface area contributed by atoms with Crippen molar-refractivity contribution in [2.75, 3.05) is 7.11 Å². The minimum absolute atomic E-state index is 0.188. The predicted molar refractivity (Wildman–Crippen MR) is 73.8 cm³/mol. The van der Waals surface area contributed by atoms with Gasteiger partial charge in [-0.2, -0.15) is 0 Å². The van der Waals surface area contributed by atoms with Crippen LogP contribution in [0.25, 0.3) is 0 Å². The highest BCUT2D eigenvalue weighted by Gasteiger charge is 2.21. The molecule has 0 bridgehead atoms. The van der Waals surface area contributed by atoms with E-state index in [1.807, 2.05) is 13.8 Å². The number of carbonyl (C=O) groups excluding carboxylic acids is 2. The van der Waals surface area contributed by atoms with Crippen LogP contribution in [0.3, 0.4) is 0 Å². The summed E-state index contributed by atoms with van der Waals surface area (Å²) in [6.07, 6.45) is 3.32. The molecule has 5 nitrogen and oxygen atoms in total. The molecule has 2 atom stereocenters. The van der Waals surface area contributed by atoms with Gasteiger partial charge in [0.05, 0.1) is 13.2 Å². The summed E-state index contributed by atoms with van der Waals surface area (Å²) >= 11 is 0. The Morgan fingerprint density at radius 3 is 2.32 bits per heavy atom. The molecule has 0 aliphatic rings. The molecule has 1 amide bonds. The lowest BCUT2D eigenvalue weighted by molar-refractivity contribution is -0.134. The van der Waals surface area contributed by atoms with Gasteiger partial charge in [-0.3, -0.25) is 0 Å². The van der Waals surface area contributed by atoms with Gasteiger partial charge >= 0.3 is 12.1 Å². The Bertz CT molecular complexity index is 331. The highest BCUT2D eigenvalue weighted by Crippen LogP contribution is 2.12. The fraction of sp³-hybridized carbons (Fsp3) is 0.714. The number of carbonyl (C=O) groups is 2. The minimum atomic E-state index is -0.545. The Morgan fingerprint density at radius 1 is 1.32 bits per heavy atom. The van der Waals surface area contributed by atoms with Crippen LogP contribution in [-0.4, -0.2) is 30.8 Å². The first-order chi connectivity index (χ1) is 8.69. The summed E-state index contributed by atoms with van der Waals surface area (Å²) in [4.78, 5) is 22.8. The second-order valence-electron chi connectivity index (χ2n) is 5.44. The van der Waals surface area contributed by atoms with Crippen LogP contribution in [0, 0.1) is 5.92 Å². The Labute approximate surface area is 115 Å². The van der Waals surface area contributed by atoms with Gasteiger partial charge in [0.25, 0.3) is 0 Å². The number of amides is 1. The number of alkyl carbamates (subject to hydrolysis) is 1.